The van der Waals surface area contributed by atoms with Crippen LogP contribution in [0.4, 0.5) is 4.79 Å². The first kappa shape index (κ1) is 11.5. The minimum atomic E-state index is -0.395. The lowest BCUT2D eigenvalue weighted by Gasteiger charge is -2.10. The number of pyridine rings is 1. The second-order valence-corrected chi connectivity index (χ2v) is 3.61. The van der Waals surface area contributed by atoms with Crippen molar-refractivity contribution < 1.29 is 9.53 Å². The molecule has 1 N–H and O–H groups in total. The number of hydrogen-bond donors (Lipinski definition) is 1. The van der Waals surface area contributed by atoms with E-state index in [0.717, 1.165) is 11.1 Å². The van der Waals surface area contributed by atoms with Crippen LogP contribution in [0, 0.1) is 6.92 Å². The number of aromatic nitrogens is 1. The predicted octanol–water partition coefficient (Wildman–Crippen LogP) is 2.02. The minimum absolute atomic E-state index is 0.0972. The Bertz CT molecular complexity index is 337. The zero-order valence-corrected chi connectivity index (χ0v) is 9.28. The zero-order chi connectivity index (χ0) is 11.3. The van der Waals surface area contributed by atoms with E-state index in [-0.39, 0.29) is 6.10 Å². The maximum atomic E-state index is 11.2. The van der Waals surface area contributed by atoms with Gasteiger partial charge in [0.25, 0.3) is 0 Å². The first-order chi connectivity index (χ1) is 7.09. The minimum Gasteiger partial charge on any atom is -0.447 e. The van der Waals surface area contributed by atoms with E-state index in [1.165, 1.54) is 0 Å². The van der Waals surface area contributed by atoms with Crippen molar-refractivity contribution in [1.29, 1.82) is 0 Å². The molecule has 0 saturated heterocycles. The summed E-state index contributed by atoms with van der Waals surface area (Å²) in [6, 6.07) is 1.91. The van der Waals surface area contributed by atoms with E-state index in [1.54, 1.807) is 12.4 Å². The molecule has 4 heteroatoms. The van der Waals surface area contributed by atoms with Crippen LogP contribution in [0.3, 0.4) is 0 Å². The number of ether oxygens (including phenoxy) is 1. The van der Waals surface area contributed by atoms with Gasteiger partial charge in [-0.15, -0.1) is 0 Å². The van der Waals surface area contributed by atoms with Gasteiger partial charge in [-0.1, -0.05) is 0 Å². The van der Waals surface area contributed by atoms with Crippen LogP contribution in [0.2, 0.25) is 0 Å². The van der Waals surface area contributed by atoms with Crippen molar-refractivity contribution in [3.8, 4) is 0 Å². The SMILES string of the molecule is Cc1ccncc1CNC(=O)OC(C)C. The maximum Gasteiger partial charge on any atom is 0.407 e. The lowest BCUT2D eigenvalue weighted by Crippen LogP contribution is -2.26. The van der Waals surface area contributed by atoms with Crippen LogP contribution in [-0.4, -0.2) is 17.2 Å². The fourth-order valence-corrected chi connectivity index (χ4v) is 1.10. The molecule has 1 aromatic rings. The number of carbonyl (C=O) groups excluding carboxylic acids is 1. The van der Waals surface area contributed by atoms with Crippen LogP contribution < -0.4 is 5.32 Å². The average Bonchev–Trinajstić information content (AvgIpc) is 2.15. The first-order valence-electron chi connectivity index (χ1n) is 4.93. The van der Waals surface area contributed by atoms with Crippen LogP contribution in [0.1, 0.15) is 25.0 Å². The quantitative estimate of drug-likeness (QED) is 0.826. The molecule has 0 fully saturated rings. The van der Waals surface area contributed by atoms with E-state index < -0.39 is 6.09 Å². The molecule has 0 aliphatic heterocycles. The van der Waals surface area contributed by atoms with Crippen molar-refractivity contribution in [3.05, 3.63) is 29.6 Å². The molecule has 1 rings (SSSR count). The summed E-state index contributed by atoms with van der Waals surface area (Å²) in [5.74, 6) is 0. The molecule has 82 valence electrons. The molecule has 0 bridgehead atoms. The molecular formula is C11H16N2O2. The van der Waals surface area contributed by atoms with Gasteiger partial charge in [-0.05, 0) is 38.0 Å². The fourth-order valence-electron chi connectivity index (χ4n) is 1.10. The summed E-state index contributed by atoms with van der Waals surface area (Å²) < 4.78 is 4.94. The number of aryl methyl sites for hydroxylation is 1. The van der Waals surface area contributed by atoms with Crippen LogP contribution >= 0.6 is 0 Å². The highest BCUT2D eigenvalue weighted by atomic mass is 16.6. The predicted molar refractivity (Wildman–Crippen MR) is 57.4 cm³/mol. The van der Waals surface area contributed by atoms with Gasteiger partial charge in [-0.25, -0.2) is 4.79 Å². The normalized spacial score (nSPS) is 10.1. The molecule has 1 aromatic heterocycles. The Morgan fingerprint density at radius 1 is 1.60 bits per heavy atom. The number of carbonyl (C=O) groups is 1. The van der Waals surface area contributed by atoms with E-state index in [9.17, 15) is 4.79 Å². The summed E-state index contributed by atoms with van der Waals surface area (Å²) in [7, 11) is 0. The number of rotatable bonds is 3. The van der Waals surface area contributed by atoms with Gasteiger partial charge in [-0.3, -0.25) is 4.98 Å². The summed E-state index contributed by atoms with van der Waals surface area (Å²) in [5, 5.41) is 2.67. The Balaban J connectivity index is 2.44. The van der Waals surface area contributed by atoms with Crippen LogP contribution in [0.5, 0.6) is 0 Å². The van der Waals surface area contributed by atoms with Crippen LogP contribution in [0.15, 0.2) is 18.5 Å². The Morgan fingerprint density at radius 2 is 2.33 bits per heavy atom. The first-order valence-corrected chi connectivity index (χ1v) is 4.93. The Kier molecular flexibility index (Phi) is 4.09. The van der Waals surface area contributed by atoms with Gasteiger partial charge in [0.05, 0.1) is 6.10 Å². The van der Waals surface area contributed by atoms with Crippen molar-refractivity contribution in [2.24, 2.45) is 0 Å². The third-order valence-corrected chi connectivity index (χ3v) is 1.91. The highest BCUT2D eigenvalue weighted by molar-refractivity contribution is 5.67. The Labute approximate surface area is 89.7 Å². The molecule has 0 aromatic carbocycles. The van der Waals surface area contributed by atoms with Crippen molar-refractivity contribution in [2.75, 3.05) is 0 Å². The van der Waals surface area contributed by atoms with E-state index in [1.807, 2.05) is 26.8 Å². The largest absolute Gasteiger partial charge is 0.447 e. The molecule has 1 amide bonds. The number of nitrogens with zero attached hydrogens (tertiary/aromatic N) is 1. The van der Waals surface area contributed by atoms with Gasteiger partial charge in [0, 0.05) is 18.9 Å². The Morgan fingerprint density at radius 3 is 2.93 bits per heavy atom. The molecule has 0 aliphatic carbocycles. The van der Waals surface area contributed by atoms with Gasteiger partial charge in [0.15, 0.2) is 0 Å². The summed E-state index contributed by atoms with van der Waals surface area (Å²) in [6.45, 7) is 6.06. The third-order valence-electron chi connectivity index (χ3n) is 1.91. The van der Waals surface area contributed by atoms with Crippen molar-refractivity contribution in [1.82, 2.24) is 10.3 Å². The fraction of sp³-hybridized carbons (Fsp3) is 0.455. The zero-order valence-electron chi connectivity index (χ0n) is 9.28. The summed E-state index contributed by atoms with van der Waals surface area (Å²) in [4.78, 5) is 15.2. The Hall–Kier alpha value is -1.58. The molecule has 0 spiro atoms. The molecule has 0 aliphatic rings. The summed E-state index contributed by atoms with van der Waals surface area (Å²) >= 11 is 0. The van der Waals surface area contributed by atoms with Crippen molar-refractivity contribution >= 4 is 6.09 Å². The van der Waals surface area contributed by atoms with Gasteiger partial charge in [0.2, 0.25) is 0 Å². The lowest BCUT2D eigenvalue weighted by atomic mass is 10.2. The topological polar surface area (TPSA) is 51.2 Å². The monoisotopic (exact) mass is 208 g/mol. The van der Waals surface area contributed by atoms with E-state index in [2.05, 4.69) is 10.3 Å². The van der Waals surface area contributed by atoms with Crippen molar-refractivity contribution in [3.63, 3.8) is 0 Å². The number of hydrogen-bond acceptors (Lipinski definition) is 3. The molecule has 4 nitrogen and oxygen atoms in total. The number of alkyl carbamates (subject to hydrolysis) is 1. The number of nitrogens with one attached hydrogen (secondary N) is 1. The molecular weight excluding hydrogens is 192 g/mol. The molecule has 0 unspecified atom stereocenters. The molecule has 0 atom stereocenters. The van der Waals surface area contributed by atoms with Gasteiger partial charge < -0.3 is 10.1 Å². The molecule has 1 heterocycles. The van der Waals surface area contributed by atoms with E-state index in [4.69, 9.17) is 4.74 Å². The second-order valence-electron chi connectivity index (χ2n) is 3.61. The number of amides is 1. The van der Waals surface area contributed by atoms with E-state index >= 15 is 0 Å². The average molecular weight is 208 g/mol. The van der Waals surface area contributed by atoms with Crippen LogP contribution in [0.25, 0.3) is 0 Å². The smallest absolute Gasteiger partial charge is 0.407 e. The molecule has 0 saturated carbocycles. The second kappa shape index (κ2) is 5.34. The summed E-state index contributed by atoms with van der Waals surface area (Å²) in [6.07, 6.45) is 2.98. The van der Waals surface area contributed by atoms with Crippen molar-refractivity contribution in [2.45, 2.75) is 33.4 Å². The van der Waals surface area contributed by atoms with Gasteiger partial charge in [0.1, 0.15) is 0 Å². The van der Waals surface area contributed by atoms with E-state index in [0.29, 0.717) is 6.54 Å². The van der Waals surface area contributed by atoms with Crippen LogP contribution in [-0.2, 0) is 11.3 Å². The standard InChI is InChI=1S/C11H16N2O2/c1-8(2)15-11(14)13-7-10-6-12-5-4-9(10)3/h4-6,8H,7H2,1-3H3,(H,13,14). The maximum absolute atomic E-state index is 11.2. The highest BCUT2D eigenvalue weighted by Crippen LogP contribution is 2.04. The van der Waals surface area contributed by atoms with Gasteiger partial charge >= 0.3 is 6.09 Å². The summed E-state index contributed by atoms with van der Waals surface area (Å²) in [5.41, 5.74) is 2.10. The molecule has 15 heavy (non-hydrogen) atoms. The molecule has 0 radical (unpaired) electrons. The highest BCUT2D eigenvalue weighted by Gasteiger charge is 2.05. The van der Waals surface area contributed by atoms with Gasteiger partial charge in [-0.2, -0.15) is 0 Å². The third kappa shape index (κ3) is 3.97. The lowest BCUT2D eigenvalue weighted by molar-refractivity contribution is 0.115.